The van der Waals surface area contributed by atoms with E-state index in [9.17, 15) is 15.0 Å². The minimum Gasteiger partial charge on any atom is -0.504 e. The maximum Gasteiger partial charge on any atom is 0.255 e. The molecule has 106 valence electrons. The smallest absolute Gasteiger partial charge is 0.255 e. The first-order valence-electron chi connectivity index (χ1n) is 6.35. The molecule has 1 amide bonds. The zero-order chi connectivity index (χ0) is 15.4. The Bertz CT molecular complexity index is 720. The number of para-hydroxylation sites is 1. The van der Waals surface area contributed by atoms with Gasteiger partial charge in [-0.1, -0.05) is 18.2 Å². The lowest BCUT2D eigenvalue weighted by Gasteiger charge is -2.15. The van der Waals surface area contributed by atoms with Crippen LogP contribution in [-0.2, 0) is 0 Å². The SMILES string of the molecule is CC(NC(=O)c1cccc(O)c1O)c1cccc(C#N)c1. The van der Waals surface area contributed by atoms with Crippen LogP contribution in [0, 0.1) is 11.3 Å². The summed E-state index contributed by atoms with van der Waals surface area (Å²) in [6.45, 7) is 1.77. The van der Waals surface area contributed by atoms with Crippen molar-refractivity contribution in [2.24, 2.45) is 0 Å². The predicted octanol–water partition coefficient (Wildman–Crippen LogP) is 2.46. The fraction of sp³-hybridized carbons (Fsp3) is 0.125. The number of hydrogen-bond acceptors (Lipinski definition) is 4. The molecule has 0 saturated carbocycles. The van der Waals surface area contributed by atoms with Crippen molar-refractivity contribution in [2.45, 2.75) is 13.0 Å². The number of nitrogens with one attached hydrogen (secondary N) is 1. The summed E-state index contributed by atoms with van der Waals surface area (Å²) in [7, 11) is 0. The average molecular weight is 282 g/mol. The highest BCUT2D eigenvalue weighted by Gasteiger charge is 2.16. The Kier molecular flexibility index (Phi) is 4.10. The predicted molar refractivity (Wildman–Crippen MR) is 76.8 cm³/mol. The summed E-state index contributed by atoms with van der Waals surface area (Å²) in [4.78, 5) is 12.1. The van der Waals surface area contributed by atoms with Crippen molar-refractivity contribution in [3.05, 3.63) is 59.2 Å². The van der Waals surface area contributed by atoms with Gasteiger partial charge >= 0.3 is 0 Å². The van der Waals surface area contributed by atoms with Crippen LogP contribution in [0.3, 0.4) is 0 Å². The molecule has 0 aromatic heterocycles. The molecule has 0 bridgehead atoms. The fourth-order valence-electron chi connectivity index (χ4n) is 1.95. The molecular weight excluding hydrogens is 268 g/mol. The number of phenolic OH excluding ortho intramolecular Hbond substituents is 2. The molecule has 0 fully saturated rings. The van der Waals surface area contributed by atoms with Crippen LogP contribution in [-0.4, -0.2) is 16.1 Å². The van der Waals surface area contributed by atoms with Crippen LogP contribution in [0.15, 0.2) is 42.5 Å². The summed E-state index contributed by atoms with van der Waals surface area (Å²) in [5.41, 5.74) is 1.29. The Morgan fingerprint density at radius 1 is 1.24 bits per heavy atom. The molecule has 2 rings (SSSR count). The van der Waals surface area contributed by atoms with Crippen molar-refractivity contribution in [2.75, 3.05) is 0 Å². The highest BCUT2D eigenvalue weighted by molar-refractivity contribution is 5.97. The van der Waals surface area contributed by atoms with E-state index in [1.807, 2.05) is 6.07 Å². The van der Waals surface area contributed by atoms with Gasteiger partial charge in [0.05, 0.1) is 23.2 Å². The van der Waals surface area contributed by atoms with Crippen LogP contribution in [0.4, 0.5) is 0 Å². The summed E-state index contributed by atoms with van der Waals surface area (Å²) in [6, 6.07) is 12.8. The maximum atomic E-state index is 12.1. The quantitative estimate of drug-likeness (QED) is 0.754. The van der Waals surface area contributed by atoms with Crippen molar-refractivity contribution in [3.63, 3.8) is 0 Å². The van der Waals surface area contributed by atoms with Gasteiger partial charge in [-0.3, -0.25) is 4.79 Å². The number of nitriles is 1. The standard InChI is InChI=1S/C16H14N2O3/c1-10(12-5-2-4-11(8-12)9-17)18-16(21)13-6-3-7-14(19)15(13)20/h2-8,10,19-20H,1H3,(H,18,21). The fourth-order valence-corrected chi connectivity index (χ4v) is 1.95. The number of carbonyl (C=O) groups excluding carboxylic acids is 1. The van der Waals surface area contributed by atoms with E-state index in [-0.39, 0.29) is 17.4 Å². The van der Waals surface area contributed by atoms with Crippen molar-refractivity contribution in [3.8, 4) is 17.6 Å². The summed E-state index contributed by atoms with van der Waals surface area (Å²) >= 11 is 0. The lowest BCUT2D eigenvalue weighted by Crippen LogP contribution is -2.26. The molecular formula is C16H14N2O3. The van der Waals surface area contributed by atoms with Crippen LogP contribution in [0.5, 0.6) is 11.5 Å². The first-order valence-corrected chi connectivity index (χ1v) is 6.35. The normalized spacial score (nSPS) is 11.4. The van der Waals surface area contributed by atoms with Crippen molar-refractivity contribution >= 4 is 5.91 Å². The monoisotopic (exact) mass is 282 g/mol. The van der Waals surface area contributed by atoms with E-state index in [4.69, 9.17) is 5.26 Å². The molecule has 0 heterocycles. The number of phenols is 2. The van der Waals surface area contributed by atoms with E-state index in [1.54, 1.807) is 31.2 Å². The van der Waals surface area contributed by atoms with Gasteiger partial charge in [-0.2, -0.15) is 5.26 Å². The van der Waals surface area contributed by atoms with Gasteiger partial charge in [0, 0.05) is 0 Å². The second kappa shape index (κ2) is 5.97. The highest BCUT2D eigenvalue weighted by Crippen LogP contribution is 2.28. The minimum absolute atomic E-state index is 0.00159. The number of benzene rings is 2. The van der Waals surface area contributed by atoms with Gasteiger partial charge < -0.3 is 15.5 Å². The van der Waals surface area contributed by atoms with E-state index < -0.39 is 11.7 Å². The zero-order valence-electron chi connectivity index (χ0n) is 11.4. The largest absolute Gasteiger partial charge is 0.504 e. The van der Waals surface area contributed by atoms with Crippen LogP contribution in [0.25, 0.3) is 0 Å². The Hall–Kier alpha value is -3.00. The third-order valence-corrected chi connectivity index (χ3v) is 3.12. The maximum absolute atomic E-state index is 12.1. The second-order valence-corrected chi connectivity index (χ2v) is 4.61. The molecule has 21 heavy (non-hydrogen) atoms. The van der Waals surface area contributed by atoms with Gasteiger partial charge in [0.2, 0.25) is 0 Å². The molecule has 1 unspecified atom stereocenters. The third kappa shape index (κ3) is 3.12. The van der Waals surface area contributed by atoms with Gasteiger partial charge in [-0.25, -0.2) is 0 Å². The highest BCUT2D eigenvalue weighted by atomic mass is 16.3. The molecule has 2 aromatic rings. The van der Waals surface area contributed by atoms with Gasteiger partial charge in [0.1, 0.15) is 0 Å². The second-order valence-electron chi connectivity index (χ2n) is 4.61. The van der Waals surface area contributed by atoms with Crippen LogP contribution in [0.1, 0.15) is 34.5 Å². The van der Waals surface area contributed by atoms with Gasteiger partial charge in [0.25, 0.3) is 5.91 Å². The first kappa shape index (κ1) is 14.4. The number of nitrogens with zero attached hydrogens (tertiary/aromatic N) is 1. The molecule has 0 radical (unpaired) electrons. The molecule has 1 atom stereocenters. The summed E-state index contributed by atoms with van der Waals surface area (Å²) in [5, 5.41) is 30.7. The first-order chi connectivity index (χ1) is 10.0. The van der Waals surface area contributed by atoms with Crippen LogP contribution >= 0.6 is 0 Å². The molecule has 5 nitrogen and oxygen atoms in total. The number of carbonyl (C=O) groups is 1. The Balaban J connectivity index is 2.19. The number of hydrogen-bond donors (Lipinski definition) is 3. The summed E-state index contributed by atoms with van der Waals surface area (Å²) in [5.74, 6) is -1.30. The lowest BCUT2D eigenvalue weighted by atomic mass is 10.0. The van der Waals surface area contributed by atoms with Crippen molar-refractivity contribution in [1.29, 1.82) is 5.26 Å². The molecule has 3 N–H and O–H groups in total. The van der Waals surface area contributed by atoms with Crippen molar-refractivity contribution in [1.82, 2.24) is 5.32 Å². The van der Waals surface area contributed by atoms with Gasteiger partial charge in [-0.05, 0) is 36.8 Å². The van der Waals surface area contributed by atoms with E-state index in [1.165, 1.54) is 18.2 Å². The van der Waals surface area contributed by atoms with Crippen LogP contribution < -0.4 is 5.32 Å². The van der Waals surface area contributed by atoms with E-state index in [2.05, 4.69) is 5.32 Å². The Labute approximate surface area is 122 Å². The number of aromatic hydroxyl groups is 2. The molecule has 2 aromatic carbocycles. The summed E-state index contributed by atoms with van der Waals surface area (Å²) < 4.78 is 0. The topological polar surface area (TPSA) is 93.3 Å². The minimum atomic E-state index is -0.502. The molecule has 0 saturated heterocycles. The zero-order valence-corrected chi connectivity index (χ0v) is 11.4. The Morgan fingerprint density at radius 2 is 1.95 bits per heavy atom. The van der Waals surface area contributed by atoms with E-state index in [0.29, 0.717) is 5.56 Å². The number of amides is 1. The molecule has 0 aliphatic carbocycles. The molecule has 0 aliphatic heterocycles. The average Bonchev–Trinajstić information content (AvgIpc) is 2.49. The Morgan fingerprint density at radius 3 is 2.67 bits per heavy atom. The van der Waals surface area contributed by atoms with E-state index in [0.717, 1.165) is 5.56 Å². The van der Waals surface area contributed by atoms with E-state index >= 15 is 0 Å². The lowest BCUT2D eigenvalue weighted by molar-refractivity contribution is 0.0936. The third-order valence-electron chi connectivity index (χ3n) is 3.12. The molecule has 0 spiro atoms. The molecule has 0 aliphatic rings. The van der Waals surface area contributed by atoms with Crippen LogP contribution in [0.2, 0.25) is 0 Å². The van der Waals surface area contributed by atoms with Gasteiger partial charge in [0.15, 0.2) is 11.5 Å². The van der Waals surface area contributed by atoms with Crippen molar-refractivity contribution < 1.29 is 15.0 Å². The number of rotatable bonds is 3. The summed E-state index contributed by atoms with van der Waals surface area (Å²) in [6.07, 6.45) is 0. The van der Waals surface area contributed by atoms with Gasteiger partial charge in [-0.15, -0.1) is 0 Å². The molecule has 5 heteroatoms.